The number of aryl methyl sites for hydroxylation is 1. The molecule has 0 bridgehead atoms. The summed E-state index contributed by atoms with van der Waals surface area (Å²) in [6.07, 6.45) is 5.52. The van der Waals surface area contributed by atoms with Crippen molar-refractivity contribution in [2.75, 3.05) is 25.0 Å². The summed E-state index contributed by atoms with van der Waals surface area (Å²) < 4.78 is 5.53. The van der Waals surface area contributed by atoms with Crippen LogP contribution in [0.2, 0.25) is 0 Å². The summed E-state index contributed by atoms with van der Waals surface area (Å²) in [5, 5.41) is 4.34. The standard InChI is InChI=1S/C20H28N2O2/c1-4-5-8-22-9-6-7-15-11-17-16(10-14(2)21-3)12-20(23)24-19(17)13-18(15)22/h11-14,21H,4-10H2,1-3H3. The van der Waals surface area contributed by atoms with E-state index in [1.54, 1.807) is 6.07 Å². The second-order valence-electron chi connectivity index (χ2n) is 6.91. The maximum absolute atomic E-state index is 12.0. The van der Waals surface area contributed by atoms with Gasteiger partial charge in [-0.3, -0.25) is 0 Å². The Morgan fingerprint density at radius 2 is 2.17 bits per heavy atom. The van der Waals surface area contributed by atoms with E-state index in [0.717, 1.165) is 42.5 Å². The van der Waals surface area contributed by atoms with E-state index in [1.165, 1.54) is 30.5 Å². The van der Waals surface area contributed by atoms with Crippen molar-refractivity contribution >= 4 is 16.7 Å². The fraction of sp³-hybridized carbons (Fsp3) is 0.550. The van der Waals surface area contributed by atoms with Gasteiger partial charge in [0.2, 0.25) is 0 Å². The van der Waals surface area contributed by atoms with Crippen LogP contribution >= 0.6 is 0 Å². The molecule has 1 aliphatic heterocycles. The van der Waals surface area contributed by atoms with Crippen LogP contribution < -0.4 is 15.8 Å². The molecule has 0 amide bonds. The van der Waals surface area contributed by atoms with Gasteiger partial charge in [-0.15, -0.1) is 0 Å². The van der Waals surface area contributed by atoms with Gasteiger partial charge in [0.25, 0.3) is 0 Å². The third-order valence-electron chi connectivity index (χ3n) is 5.04. The van der Waals surface area contributed by atoms with Gasteiger partial charge < -0.3 is 14.6 Å². The lowest BCUT2D eigenvalue weighted by Gasteiger charge is -2.31. The first-order chi connectivity index (χ1) is 11.6. The largest absolute Gasteiger partial charge is 0.423 e. The molecule has 4 nitrogen and oxygen atoms in total. The average molecular weight is 328 g/mol. The van der Waals surface area contributed by atoms with Crippen LogP contribution in [0.3, 0.4) is 0 Å². The Kier molecular flexibility index (Phi) is 5.24. The van der Waals surface area contributed by atoms with E-state index < -0.39 is 0 Å². The normalized spacial score (nSPS) is 15.5. The predicted molar refractivity (Wildman–Crippen MR) is 100 cm³/mol. The van der Waals surface area contributed by atoms with Gasteiger partial charge >= 0.3 is 5.63 Å². The summed E-state index contributed by atoms with van der Waals surface area (Å²) >= 11 is 0. The van der Waals surface area contributed by atoms with E-state index in [9.17, 15) is 4.79 Å². The number of hydrogen-bond donors (Lipinski definition) is 1. The van der Waals surface area contributed by atoms with Crippen molar-refractivity contribution in [3.8, 4) is 0 Å². The van der Waals surface area contributed by atoms with Crippen molar-refractivity contribution < 1.29 is 4.42 Å². The summed E-state index contributed by atoms with van der Waals surface area (Å²) in [5.74, 6) is 0. The SMILES string of the molecule is CCCCN1CCCc2cc3c(CC(C)NC)cc(=O)oc3cc21. The van der Waals surface area contributed by atoms with E-state index >= 15 is 0 Å². The van der Waals surface area contributed by atoms with Crippen LogP contribution in [-0.2, 0) is 12.8 Å². The first-order valence-corrected chi connectivity index (χ1v) is 9.14. The van der Waals surface area contributed by atoms with Gasteiger partial charge in [0.15, 0.2) is 0 Å². The number of nitrogens with zero attached hydrogens (tertiary/aromatic N) is 1. The molecule has 1 aromatic heterocycles. The number of hydrogen-bond acceptors (Lipinski definition) is 4. The molecule has 1 N–H and O–H groups in total. The zero-order chi connectivity index (χ0) is 17.1. The van der Waals surface area contributed by atoms with Gasteiger partial charge in [-0.25, -0.2) is 4.79 Å². The molecule has 24 heavy (non-hydrogen) atoms. The highest BCUT2D eigenvalue weighted by molar-refractivity contribution is 5.86. The zero-order valence-corrected chi connectivity index (χ0v) is 15.0. The quantitative estimate of drug-likeness (QED) is 0.825. The van der Waals surface area contributed by atoms with Crippen molar-refractivity contribution in [2.45, 2.75) is 52.0 Å². The Balaban J connectivity index is 2.06. The molecule has 0 saturated carbocycles. The lowest BCUT2D eigenvalue weighted by Crippen LogP contribution is -2.30. The smallest absolute Gasteiger partial charge is 0.336 e. The maximum Gasteiger partial charge on any atom is 0.336 e. The molecule has 0 saturated heterocycles. The second-order valence-corrected chi connectivity index (χ2v) is 6.91. The summed E-state index contributed by atoms with van der Waals surface area (Å²) in [4.78, 5) is 14.4. The number of likely N-dealkylation sites (N-methyl/N-ethyl adjacent to an activating group) is 1. The van der Waals surface area contributed by atoms with E-state index in [0.29, 0.717) is 6.04 Å². The molecular formula is C20H28N2O2. The first-order valence-electron chi connectivity index (χ1n) is 9.14. The van der Waals surface area contributed by atoms with Crippen molar-refractivity contribution in [1.29, 1.82) is 0 Å². The highest BCUT2D eigenvalue weighted by atomic mass is 16.4. The molecule has 1 aliphatic rings. The molecule has 0 fully saturated rings. The number of unbranched alkanes of at least 4 members (excludes halogenated alkanes) is 1. The minimum absolute atomic E-state index is 0.253. The van der Waals surface area contributed by atoms with E-state index in [2.05, 4.69) is 36.2 Å². The number of rotatable bonds is 6. The Bertz CT molecular complexity index is 766. The maximum atomic E-state index is 12.0. The Morgan fingerprint density at radius 3 is 2.92 bits per heavy atom. The van der Waals surface area contributed by atoms with E-state index in [4.69, 9.17) is 4.42 Å². The minimum Gasteiger partial charge on any atom is -0.423 e. The predicted octanol–water partition coefficient (Wildman–Crippen LogP) is 3.50. The molecule has 1 aromatic carbocycles. The lowest BCUT2D eigenvalue weighted by molar-refractivity contribution is 0.552. The van der Waals surface area contributed by atoms with Crippen molar-refractivity contribution in [3.63, 3.8) is 0 Å². The van der Waals surface area contributed by atoms with Gasteiger partial charge in [-0.1, -0.05) is 13.3 Å². The minimum atomic E-state index is -0.253. The lowest BCUT2D eigenvalue weighted by atomic mass is 9.96. The summed E-state index contributed by atoms with van der Waals surface area (Å²) in [6.45, 7) is 6.53. The summed E-state index contributed by atoms with van der Waals surface area (Å²) in [6, 6.07) is 6.32. The van der Waals surface area contributed by atoms with Gasteiger partial charge in [-0.05, 0) is 56.8 Å². The molecule has 4 heteroatoms. The van der Waals surface area contributed by atoms with Crippen LogP contribution in [0.1, 0.15) is 44.2 Å². The Labute approximate surface area is 143 Å². The van der Waals surface area contributed by atoms with Crippen LogP contribution in [0.25, 0.3) is 11.0 Å². The van der Waals surface area contributed by atoms with Gasteiger partial charge in [0, 0.05) is 42.3 Å². The average Bonchev–Trinajstić information content (AvgIpc) is 2.58. The van der Waals surface area contributed by atoms with Crippen molar-refractivity contribution in [3.05, 3.63) is 39.7 Å². The van der Waals surface area contributed by atoms with Gasteiger partial charge in [-0.2, -0.15) is 0 Å². The van der Waals surface area contributed by atoms with E-state index in [-0.39, 0.29) is 5.63 Å². The highest BCUT2D eigenvalue weighted by Crippen LogP contribution is 2.33. The third kappa shape index (κ3) is 3.48. The van der Waals surface area contributed by atoms with Gasteiger partial charge in [0.05, 0.1) is 0 Å². The number of anilines is 1. The summed E-state index contributed by atoms with van der Waals surface area (Å²) in [5.41, 5.74) is 4.19. The zero-order valence-electron chi connectivity index (χ0n) is 15.0. The van der Waals surface area contributed by atoms with Gasteiger partial charge in [0.1, 0.15) is 5.58 Å². The summed E-state index contributed by atoms with van der Waals surface area (Å²) in [7, 11) is 1.95. The molecule has 1 unspecified atom stereocenters. The number of fused-ring (bicyclic) bond motifs is 2. The molecule has 130 valence electrons. The molecule has 2 heterocycles. The van der Waals surface area contributed by atoms with E-state index in [1.807, 2.05) is 7.05 Å². The molecule has 0 aliphatic carbocycles. The number of benzene rings is 1. The van der Waals surface area contributed by atoms with Crippen LogP contribution in [0, 0.1) is 0 Å². The fourth-order valence-electron chi connectivity index (χ4n) is 3.56. The van der Waals surface area contributed by atoms with Crippen LogP contribution in [0.15, 0.2) is 27.4 Å². The van der Waals surface area contributed by atoms with Crippen LogP contribution in [-0.4, -0.2) is 26.2 Å². The highest BCUT2D eigenvalue weighted by Gasteiger charge is 2.19. The second kappa shape index (κ2) is 7.39. The molecular weight excluding hydrogens is 300 g/mol. The molecule has 3 rings (SSSR count). The van der Waals surface area contributed by atoms with Crippen LogP contribution in [0.4, 0.5) is 5.69 Å². The monoisotopic (exact) mass is 328 g/mol. The fourth-order valence-corrected chi connectivity index (χ4v) is 3.56. The molecule has 2 aromatic rings. The number of nitrogens with one attached hydrogen (secondary N) is 1. The Hall–Kier alpha value is -1.81. The first kappa shape index (κ1) is 17.0. The topological polar surface area (TPSA) is 45.5 Å². The molecule has 0 spiro atoms. The third-order valence-corrected chi connectivity index (χ3v) is 5.04. The van der Waals surface area contributed by atoms with Crippen LogP contribution in [0.5, 0.6) is 0 Å². The van der Waals surface area contributed by atoms with Crippen molar-refractivity contribution in [2.24, 2.45) is 0 Å². The Morgan fingerprint density at radius 1 is 1.33 bits per heavy atom. The molecule has 1 atom stereocenters. The molecule has 0 radical (unpaired) electrons. The van der Waals surface area contributed by atoms with Crippen molar-refractivity contribution in [1.82, 2.24) is 5.32 Å².